The van der Waals surface area contributed by atoms with Crippen molar-refractivity contribution in [2.75, 3.05) is 7.05 Å². The molecule has 2 aromatic heterocycles. The first kappa shape index (κ1) is 22.4. The largest absolute Gasteiger partial charge is 0.460 e. The Bertz CT molecular complexity index is 706. The lowest BCUT2D eigenvalue weighted by Gasteiger charge is -1.83. The van der Waals surface area contributed by atoms with E-state index in [9.17, 15) is 14.9 Å². The van der Waals surface area contributed by atoms with E-state index in [4.69, 9.17) is 42.2 Å². The van der Waals surface area contributed by atoms with E-state index in [1.807, 2.05) is 0 Å². The molecule has 0 spiro atoms. The van der Waals surface area contributed by atoms with Gasteiger partial charge in [0.2, 0.25) is 6.20 Å². The van der Waals surface area contributed by atoms with E-state index in [0.717, 1.165) is 13.2 Å². The lowest BCUT2D eigenvalue weighted by Crippen LogP contribution is -1.80. The highest BCUT2D eigenvalue weighted by atomic mass is 35.5. The summed E-state index contributed by atoms with van der Waals surface area (Å²) < 4.78 is 9.94. The molecule has 2 heterocycles. The molecule has 0 aliphatic heterocycles. The topological polar surface area (TPSA) is 130 Å². The number of halogens is 2. The molecule has 2 aromatic rings. The molecule has 11 heteroatoms. The number of hydrogen-bond acceptors (Lipinski definition) is 7. The van der Waals surface area contributed by atoms with E-state index in [-0.39, 0.29) is 5.88 Å². The third-order valence-corrected chi connectivity index (χ3v) is 2.63. The Morgan fingerprint density at radius 1 is 1.00 bits per heavy atom. The minimum atomic E-state index is -0.553. The van der Waals surface area contributed by atoms with Crippen molar-refractivity contribution in [3.05, 3.63) is 73.7 Å². The number of carbonyl (C=O) groups excluding carboxylic acids is 1. The minimum Gasteiger partial charge on any atom is -0.460 e. The van der Waals surface area contributed by atoms with Crippen LogP contribution in [0.15, 0.2) is 39.3 Å². The Morgan fingerprint density at radius 2 is 1.44 bits per heavy atom. The van der Waals surface area contributed by atoms with Crippen LogP contribution >= 0.6 is 23.2 Å². The summed E-state index contributed by atoms with van der Waals surface area (Å²) in [5.41, 5.74) is 0. The summed E-state index contributed by atoms with van der Waals surface area (Å²) in [5.74, 6) is 2.56. The predicted molar refractivity (Wildman–Crippen MR) is 90.9 cm³/mol. The summed E-state index contributed by atoms with van der Waals surface area (Å²) >= 11 is 10.8. The van der Waals surface area contributed by atoms with E-state index in [0.29, 0.717) is 35.2 Å². The number of nitrogens with zero attached hydrogens (tertiary/aromatic N) is 2. The zero-order chi connectivity index (χ0) is 19.2. The molecule has 136 valence electrons. The van der Waals surface area contributed by atoms with Crippen LogP contribution in [-0.4, -0.2) is 23.2 Å². The molecule has 25 heavy (non-hydrogen) atoms. The molecule has 0 saturated heterocycles. The monoisotopic (exact) mass is 392 g/mol. The van der Waals surface area contributed by atoms with E-state index < -0.39 is 9.85 Å². The van der Waals surface area contributed by atoms with Gasteiger partial charge in [-0.2, -0.15) is 0 Å². The molecule has 2 rings (SSSR count). The summed E-state index contributed by atoms with van der Waals surface area (Å²) in [5, 5.41) is 18.7. The molecule has 0 N–H and O–H groups in total. The molecule has 0 fully saturated rings. The van der Waals surface area contributed by atoms with Crippen molar-refractivity contribution >= 4 is 35.6 Å². The van der Waals surface area contributed by atoms with Crippen molar-refractivity contribution in [3.63, 3.8) is 0 Å². The van der Waals surface area contributed by atoms with E-state index in [1.54, 1.807) is 24.3 Å². The lowest BCUT2D eigenvalue weighted by molar-refractivity contribution is -0.445. The van der Waals surface area contributed by atoms with Crippen LogP contribution in [-0.2, 0) is 11.8 Å². The average Bonchev–Trinajstić information content (AvgIpc) is 3.21. The third kappa shape index (κ3) is 11.5. The number of furan rings is 2. The Morgan fingerprint density at radius 3 is 1.76 bits per heavy atom. The summed E-state index contributed by atoms with van der Waals surface area (Å²) in [4.78, 5) is 27.7. The maximum absolute atomic E-state index is 10.00. The van der Waals surface area contributed by atoms with Crippen molar-refractivity contribution in [2.45, 2.75) is 11.8 Å². The maximum Gasteiger partial charge on any atom is 0.238 e. The Hall–Kier alpha value is -2.65. The molecule has 0 bridgehead atoms. The second-order valence-electron chi connectivity index (χ2n) is 4.03. The molecule has 0 atom stereocenters. The summed E-state index contributed by atoms with van der Waals surface area (Å²) in [7, 11) is 0.889. The van der Waals surface area contributed by atoms with E-state index in [1.165, 1.54) is 6.08 Å². The van der Waals surface area contributed by atoms with Crippen molar-refractivity contribution < 1.29 is 23.5 Å². The highest BCUT2D eigenvalue weighted by Crippen LogP contribution is 2.11. The fraction of sp³-hybridized carbons (Fsp3) is 0.214. The van der Waals surface area contributed by atoms with Crippen molar-refractivity contribution in [3.8, 4) is 0 Å². The minimum absolute atomic E-state index is 0.270. The van der Waals surface area contributed by atoms with Gasteiger partial charge < -0.3 is 8.83 Å². The molecular formula is C14H14Cl2N2O7. The van der Waals surface area contributed by atoms with Crippen LogP contribution < -0.4 is 0 Å². The molecule has 0 radical (unpaired) electrons. The number of alkyl halides is 2. The Kier molecular flexibility index (Phi) is 11.4. The third-order valence-electron chi connectivity index (χ3n) is 2.10. The normalized spacial score (nSPS) is 9.56. The van der Waals surface area contributed by atoms with Crippen LogP contribution in [0.5, 0.6) is 0 Å². The van der Waals surface area contributed by atoms with Gasteiger partial charge in [0.25, 0.3) is 0 Å². The van der Waals surface area contributed by atoms with Gasteiger partial charge in [0.1, 0.15) is 17.3 Å². The fourth-order valence-corrected chi connectivity index (χ4v) is 1.51. The SMILES string of the molecule is C[N+](=O)[O-].O=Cc1ccc(CCl)o1.O=[N+]([O-])/C=C/c1ccc(CCl)o1. The summed E-state index contributed by atoms with van der Waals surface area (Å²) in [6.07, 6.45) is 2.74. The molecule has 0 amide bonds. The van der Waals surface area contributed by atoms with Crippen molar-refractivity contribution in [1.29, 1.82) is 0 Å². The quantitative estimate of drug-likeness (QED) is 0.325. The molecule has 9 nitrogen and oxygen atoms in total. The van der Waals surface area contributed by atoms with Crippen LogP contribution in [0.25, 0.3) is 6.08 Å². The van der Waals surface area contributed by atoms with Crippen LogP contribution in [0.2, 0.25) is 0 Å². The smallest absolute Gasteiger partial charge is 0.238 e. The zero-order valence-electron chi connectivity index (χ0n) is 13.0. The molecule has 0 aromatic carbocycles. The van der Waals surface area contributed by atoms with Gasteiger partial charge >= 0.3 is 0 Å². The first-order valence-corrected chi connectivity index (χ1v) is 7.53. The standard InChI is InChI=1S/C7H6ClNO3.C6H5ClO2.CH3NO2/c8-5-7-2-1-6(12-7)3-4-9(10)11;7-3-5-1-2-6(4-8)9-5;1-2(3)4/h1-4H,5H2;1-2,4H,3H2;1H3/b4-3+;;. The van der Waals surface area contributed by atoms with E-state index in [2.05, 4.69) is 0 Å². The van der Waals surface area contributed by atoms with Gasteiger partial charge in [0.15, 0.2) is 19.1 Å². The highest BCUT2D eigenvalue weighted by Gasteiger charge is 1.98. The Balaban J connectivity index is 0.000000391. The maximum atomic E-state index is 10.00. The lowest BCUT2D eigenvalue weighted by atomic mass is 10.4. The van der Waals surface area contributed by atoms with Crippen LogP contribution in [0.4, 0.5) is 0 Å². The predicted octanol–water partition coefficient (Wildman–Crippen LogP) is 3.99. The summed E-state index contributed by atoms with van der Waals surface area (Å²) in [6.45, 7) is 0. The molecular weight excluding hydrogens is 379 g/mol. The van der Waals surface area contributed by atoms with Crippen LogP contribution in [0.3, 0.4) is 0 Å². The number of nitro groups is 2. The second kappa shape index (κ2) is 12.7. The fourth-order valence-electron chi connectivity index (χ4n) is 1.22. The van der Waals surface area contributed by atoms with Crippen molar-refractivity contribution in [2.24, 2.45) is 0 Å². The highest BCUT2D eigenvalue weighted by molar-refractivity contribution is 6.17. The number of aldehydes is 1. The van der Waals surface area contributed by atoms with Gasteiger partial charge in [0.05, 0.1) is 22.8 Å². The molecule has 0 saturated carbocycles. The van der Waals surface area contributed by atoms with Gasteiger partial charge in [-0.15, -0.1) is 23.2 Å². The zero-order valence-corrected chi connectivity index (χ0v) is 14.5. The van der Waals surface area contributed by atoms with Gasteiger partial charge in [0, 0.05) is 4.92 Å². The van der Waals surface area contributed by atoms with Gasteiger partial charge in [-0.25, -0.2) is 0 Å². The van der Waals surface area contributed by atoms with Crippen LogP contribution in [0.1, 0.15) is 27.8 Å². The average molecular weight is 393 g/mol. The van der Waals surface area contributed by atoms with Gasteiger partial charge in [-0.05, 0) is 24.3 Å². The number of hydrogen-bond donors (Lipinski definition) is 0. The van der Waals surface area contributed by atoms with Gasteiger partial charge in [-0.1, -0.05) is 0 Å². The Labute approximate surface area is 152 Å². The van der Waals surface area contributed by atoms with Crippen LogP contribution in [0, 0.1) is 20.2 Å². The second-order valence-corrected chi connectivity index (χ2v) is 4.57. The number of rotatable bonds is 5. The summed E-state index contributed by atoms with van der Waals surface area (Å²) in [6, 6.07) is 6.56. The van der Waals surface area contributed by atoms with Gasteiger partial charge in [-0.3, -0.25) is 25.0 Å². The molecule has 0 unspecified atom stereocenters. The first-order valence-electron chi connectivity index (χ1n) is 6.46. The number of carbonyl (C=O) groups is 1. The van der Waals surface area contributed by atoms with E-state index >= 15 is 0 Å². The molecule has 0 aliphatic carbocycles. The first-order chi connectivity index (χ1) is 11.8. The molecule has 0 aliphatic rings. The van der Waals surface area contributed by atoms with Crippen molar-refractivity contribution in [1.82, 2.24) is 0 Å².